The first-order valence-electron chi connectivity index (χ1n) is 7.91. The van der Waals surface area contributed by atoms with E-state index in [9.17, 15) is 9.90 Å². The standard InChI is InChI=1S/C16H21N5O2/c1-10(2)14(22)9-15(23)17-12-5-3-4-11(8-12)16-18-19-20-21(16)13-6-7-13/h3-5,8,10,13-14,22H,6-7,9H2,1-2H3,(H,17,23). The number of amides is 1. The Morgan fingerprint density at radius 2 is 2.22 bits per heavy atom. The second-order valence-corrected chi connectivity index (χ2v) is 6.32. The summed E-state index contributed by atoms with van der Waals surface area (Å²) >= 11 is 0. The maximum atomic E-state index is 12.0. The number of aromatic nitrogens is 4. The van der Waals surface area contributed by atoms with Crippen molar-refractivity contribution >= 4 is 11.6 Å². The predicted molar refractivity (Wildman–Crippen MR) is 85.6 cm³/mol. The molecule has 1 aromatic carbocycles. The molecule has 1 unspecified atom stereocenters. The van der Waals surface area contributed by atoms with Gasteiger partial charge in [0.1, 0.15) is 0 Å². The SMILES string of the molecule is CC(C)C(O)CC(=O)Nc1cccc(-c2nnnn2C2CC2)c1. The molecule has 7 nitrogen and oxygen atoms in total. The summed E-state index contributed by atoms with van der Waals surface area (Å²) in [5.74, 6) is 0.561. The monoisotopic (exact) mass is 315 g/mol. The topological polar surface area (TPSA) is 92.9 Å². The summed E-state index contributed by atoms with van der Waals surface area (Å²) in [5.41, 5.74) is 1.54. The minimum atomic E-state index is -0.639. The highest BCUT2D eigenvalue weighted by Crippen LogP contribution is 2.36. The third-order valence-corrected chi connectivity index (χ3v) is 3.95. The van der Waals surface area contributed by atoms with E-state index in [1.54, 1.807) is 0 Å². The summed E-state index contributed by atoms with van der Waals surface area (Å²) < 4.78 is 1.84. The van der Waals surface area contributed by atoms with Crippen molar-refractivity contribution in [2.45, 2.75) is 45.3 Å². The van der Waals surface area contributed by atoms with E-state index >= 15 is 0 Å². The number of carbonyl (C=O) groups is 1. The van der Waals surface area contributed by atoms with Gasteiger partial charge >= 0.3 is 0 Å². The molecule has 2 N–H and O–H groups in total. The molecule has 0 aliphatic heterocycles. The zero-order valence-corrected chi connectivity index (χ0v) is 13.3. The van der Waals surface area contributed by atoms with Gasteiger partial charge in [0.25, 0.3) is 0 Å². The third kappa shape index (κ3) is 3.73. The lowest BCUT2D eigenvalue weighted by Gasteiger charge is -2.14. The molecule has 0 saturated heterocycles. The Morgan fingerprint density at radius 1 is 1.43 bits per heavy atom. The number of hydrogen-bond acceptors (Lipinski definition) is 5. The number of benzene rings is 1. The molecule has 0 spiro atoms. The summed E-state index contributed by atoms with van der Waals surface area (Å²) in [6.07, 6.45) is 1.64. The van der Waals surface area contributed by atoms with E-state index < -0.39 is 6.10 Å². The fourth-order valence-corrected chi connectivity index (χ4v) is 2.32. The van der Waals surface area contributed by atoms with Gasteiger partial charge in [-0.3, -0.25) is 4.79 Å². The minimum absolute atomic E-state index is 0.0512. The molecule has 3 rings (SSSR count). The van der Waals surface area contributed by atoms with E-state index in [-0.39, 0.29) is 18.2 Å². The van der Waals surface area contributed by atoms with Gasteiger partial charge in [0.05, 0.1) is 18.6 Å². The first-order chi connectivity index (χ1) is 11.0. The van der Waals surface area contributed by atoms with Gasteiger partial charge in [-0.05, 0) is 41.3 Å². The zero-order chi connectivity index (χ0) is 16.4. The molecule has 122 valence electrons. The van der Waals surface area contributed by atoms with Crippen LogP contribution < -0.4 is 5.32 Å². The van der Waals surface area contributed by atoms with E-state index in [0.29, 0.717) is 17.6 Å². The van der Waals surface area contributed by atoms with Crippen LogP contribution in [0.4, 0.5) is 5.69 Å². The van der Waals surface area contributed by atoms with Crippen LogP contribution in [-0.4, -0.2) is 37.3 Å². The zero-order valence-electron chi connectivity index (χ0n) is 13.3. The van der Waals surface area contributed by atoms with E-state index in [1.165, 1.54) is 0 Å². The average molecular weight is 315 g/mol. The Labute approximate surface area is 134 Å². The molecule has 0 radical (unpaired) electrons. The molecular formula is C16H21N5O2. The van der Waals surface area contributed by atoms with Crippen molar-refractivity contribution < 1.29 is 9.90 Å². The fraction of sp³-hybridized carbons (Fsp3) is 0.500. The Morgan fingerprint density at radius 3 is 2.91 bits per heavy atom. The Hall–Kier alpha value is -2.28. The summed E-state index contributed by atoms with van der Waals surface area (Å²) in [7, 11) is 0. The molecule has 1 aliphatic rings. The molecule has 23 heavy (non-hydrogen) atoms. The van der Waals surface area contributed by atoms with E-state index in [2.05, 4.69) is 20.8 Å². The maximum absolute atomic E-state index is 12.0. The maximum Gasteiger partial charge on any atom is 0.226 e. The highest BCUT2D eigenvalue weighted by atomic mass is 16.3. The summed E-state index contributed by atoms with van der Waals surface area (Å²) in [6, 6.07) is 7.83. The quantitative estimate of drug-likeness (QED) is 0.850. The lowest BCUT2D eigenvalue weighted by molar-refractivity contribution is -0.118. The van der Waals surface area contributed by atoms with Crippen molar-refractivity contribution in [1.82, 2.24) is 20.2 Å². The number of hydrogen-bond donors (Lipinski definition) is 2. The highest BCUT2D eigenvalue weighted by molar-refractivity contribution is 5.91. The third-order valence-electron chi connectivity index (χ3n) is 3.95. The average Bonchev–Trinajstić information content (AvgIpc) is 3.24. The fourth-order valence-electron chi connectivity index (χ4n) is 2.32. The Balaban J connectivity index is 1.72. The van der Waals surface area contributed by atoms with Crippen LogP contribution in [0.15, 0.2) is 24.3 Å². The molecule has 1 aliphatic carbocycles. The van der Waals surface area contributed by atoms with Crippen molar-refractivity contribution in [3.8, 4) is 11.4 Å². The Kier molecular flexibility index (Phi) is 4.38. The lowest BCUT2D eigenvalue weighted by atomic mass is 10.0. The second kappa shape index (κ2) is 6.45. The molecule has 0 bridgehead atoms. The number of nitrogens with zero attached hydrogens (tertiary/aromatic N) is 4. The van der Waals surface area contributed by atoms with Gasteiger partial charge < -0.3 is 10.4 Å². The van der Waals surface area contributed by atoms with Crippen molar-refractivity contribution in [3.63, 3.8) is 0 Å². The number of anilines is 1. The van der Waals surface area contributed by atoms with Crippen LogP contribution in [0.1, 0.15) is 39.2 Å². The van der Waals surface area contributed by atoms with Crippen LogP contribution in [-0.2, 0) is 4.79 Å². The molecule has 7 heteroatoms. The molecule has 1 amide bonds. The first-order valence-corrected chi connectivity index (χ1v) is 7.91. The summed E-state index contributed by atoms with van der Waals surface area (Å²) in [6.45, 7) is 3.77. The number of aliphatic hydroxyl groups excluding tert-OH is 1. The molecule has 1 atom stereocenters. The van der Waals surface area contributed by atoms with E-state index in [4.69, 9.17) is 0 Å². The van der Waals surface area contributed by atoms with Gasteiger partial charge in [-0.2, -0.15) is 0 Å². The smallest absolute Gasteiger partial charge is 0.226 e. The van der Waals surface area contributed by atoms with Crippen molar-refractivity contribution in [3.05, 3.63) is 24.3 Å². The van der Waals surface area contributed by atoms with Gasteiger partial charge in [0.15, 0.2) is 5.82 Å². The van der Waals surface area contributed by atoms with Crippen LogP contribution in [0.3, 0.4) is 0 Å². The molecule has 1 saturated carbocycles. The number of carbonyl (C=O) groups excluding carboxylic acids is 1. The van der Waals surface area contributed by atoms with Gasteiger partial charge in [-0.25, -0.2) is 4.68 Å². The number of aliphatic hydroxyl groups is 1. The largest absolute Gasteiger partial charge is 0.392 e. The van der Waals surface area contributed by atoms with Crippen LogP contribution in [0.2, 0.25) is 0 Å². The van der Waals surface area contributed by atoms with Gasteiger partial charge in [-0.1, -0.05) is 26.0 Å². The molecule has 1 aromatic heterocycles. The van der Waals surface area contributed by atoms with Crippen LogP contribution in [0, 0.1) is 5.92 Å². The lowest BCUT2D eigenvalue weighted by Crippen LogP contribution is -2.23. The molecule has 1 heterocycles. The summed E-state index contributed by atoms with van der Waals surface area (Å²) in [4.78, 5) is 12.0. The van der Waals surface area contributed by atoms with Gasteiger partial charge in [0, 0.05) is 11.3 Å². The molecule has 2 aromatic rings. The van der Waals surface area contributed by atoms with Crippen molar-refractivity contribution in [2.24, 2.45) is 5.92 Å². The molecular weight excluding hydrogens is 294 g/mol. The molecule has 1 fully saturated rings. The highest BCUT2D eigenvalue weighted by Gasteiger charge is 2.28. The minimum Gasteiger partial charge on any atom is -0.392 e. The van der Waals surface area contributed by atoms with Gasteiger partial charge in [-0.15, -0.1) is 5.10 Å². The first kappa shape index (κ1) is 15.6. The number of nitrogens with one attached hydrogen (secondary N) is 1. The van der Waals surface area contributed by atoms with Crippen molar-refractivity contribution in [1.29, 1.82) is 0 Å². The van der Waals surface area contributed by atoms with Gasteiger partial charge in [0.2, 0.25) is 5.91 Å². The van der Waals surface area contributed by atoms with E-state index in [0.717, 1.165) is 18.4 Å². The normalized spacial score (nSPS) is 15.7. The van der Waals surface area contributed by atoms with Crippen LogP contribution >= 0.6 is 0 Å². The number of rotatable bonds is 6. The van der Waals surface area contributed by atoms with Crippen molar-refractivity contribution in [2.75, 3.05) is 5.32 Å². The van der Waals surface area contributed by atoms with Crippen LogP contribution in [0.5, 0.6) is 0 Å². The Bertz CT molecular complexity index is 693. The van der Waals surface area contributed by atoms with Crippen LogP contribution in [0.25, 0.3) is 11.4 Å². The van der Waals surface area contributed by atoms with E-state index in [1.807, 2.05) is 42.8 Å². The number of tetrazole rings is 1. The summed E-state index contributed by atoms with van der Waals surface area (Å²) in [5, 5.41) is 24.5. The predicted octanol–water partition coefficient (Wildman–Crippen LogP) is 2.02. The second-order valence-electron chi connectivity index (χ2n) is 6.32.